The Morgan fingerprint density at radius 3 is 2.48 bits per heavy atom. The Balaban J connectivity index is 0.000000219. The quantitative estimate of drug-likeness (QED) is 0.775. The summed E-state index contributed by atoms with van der Waals surface area (Å²) in [7, 11) is 0. The summed E-state index contributed by atoms with van der Waals surface area (Å²) in [6, 6.07) is 2.71. The normalized spacial score (nSPS) is 25.8. The van der Waals surface area contributed by atoms with Crippen LogP contribution in [0.1, 0.15) is 19.0 Å². The van der Waals surface area contributed by atoms with E-state index in [1.54, 1.807) is 6.92 Å². The molecule has 0 saturated carbocycles. The summed E-state index contributed by atoms with van der Waals surface area (Å²) in [4.78, 5) is 5.88. The Bertz CT molecular complexity index is 434. The maximum absolute atomic E-state index is 11.9. The second kappa shape index (κ2) is 7.53. The summed E-state index contributed by atoms with van der Waals surface area (Å²) in [6.45, 7) is 2.31. The first-order valence-electron chi connectivity index (χ1n) is 6.06. The molecule has 1 aliphatic rings. The molecular formula is C12H15F4NO4. The molecule has 0 spiro atoms. The predicted molar refractivity (Wildman–Crippen MR) is 63.0 cm³/mol. The van der Waals surface area contributed by atoms with Crippen molar-refractivity contribution < 1.29 is 37.6 Å². The average Bonchev–Trinajstić information content (AvgIpc) is 2.44. The molecule has 3 unspecified atom stereocenters. The summed E-state index contributed by atoms with van der Waals surface area (Å²) in [5.74, 6) is -0.704. The van der Waals surface area contributed by atoms with Gasteiger partial charge < -0.3 is 14.9 Å². The molecule has 1 aromatic heterocycles. The highest BCUT2D eigenvalue weighted by atomic mass is 19.4. The van der Waals surface area contributed by atoms with Gasteiger partial charge in [-0.1, -0.05) is 6.07 Å². The molecule has 0 radical (unpaired) electrons. The van der Waals surface area contributed by atoms with E-state index in [1.165, 1.54) is 0 Å². The highest BCUT2D eigenvalue weighted by Gasteiger charge is 2.32. The van der Waals surface area contributed by atoms with Crippen LogP contribution in [0.3, 0.4) is 0 Å². The smallest absolute Gasteiger partial charge is 0.390 e. The molecule has 5 nitrogen and oxygen atoms in total. The molecule has 0 bridgehead atoms. The minimum atomic E-state index is -4.57. The third-order valence-corrected chi connectivity index (χ3v) is 2.76. The molecule has 1 aliphatic heterocycles. The lowest BCUT2D eigenvalue weighted by Crippen LogP contribution is -2.42. The lowest BCUT2D eigenvalue weighted by atomic mass is 10.0. The summed E-state index contributed by atoms with van der Waals surface area (Å²) < 4.78 is 52.0. The number of aromatic nitrogens is 1. The molecule has 1 aromatic rings. The lowest BCUT2D eigenvalue weighted by Gasteiger charge is -2.29. The van der Waals surface area contributed by atoms with Crippen LogP contribution in [0.15, 0.2) is 18.2 Å². The Labute approximate surface area is 118 Å². The molecule has 0 amide bonds. The van der Waals surface area contributed by atoms with E-state index in [2.05, 4.69) is 9.93 Å². The molecular weight excluding hydrogens is 298 g/mol. The summed E-state index contributed by atoms with van der Waals surface area (Å²) >= 11 is 0. The van der Waals surface area contributed by atoms with Crippen molar-refractivity contribution >= 4 is 0 Å². The van der Waals surface area contributed by atoms with Gasteiger partial charge in [0.25, 0.3) is 5.88 Å². The topological polar surface area (TPSA) is 71.8 Å². The van der Waals surface area contributed by atoms with Crippen molar-refractivity contribution in [3.63, 3.8) is 0 Å². The van der Waals surface area contributed by atoms with Crippen molar-refractivity contribution in [2.24, 2.45) is 0 Å². The van der Waals surface area contributed by atoms with Crippen LogP contribution in [0.2, 0.25) is 0 Å². The first-order chi connectivity index (χ1) is 9.75. The molecule has 0 aromatic carbocycles. The van der Waals surface area contributed by atoms with Gasteiger partial charge in [-0.3, -0.25) is 4.94 Å². The van der Waals surface area contributed by atoms with Crippen LogP contribution < -0.4 is 4.94 Å². The molecule has 120 valence electrons. The Morgan fingerprint density at radius 2 is 2.00 bits per heavy atom. The molecule has 2 rings (SSSR count). The van der Waals surface area contributed by atoms with Crippen molar-refractivity contribution in [3.8, 4) is 5.88 Å². The second-order valence-electron chi connectivity index (χ2n) is 4.36. The molecule has 3 atom stereocenters. The zero-order valence-electron chi connectivity index (χ0n) is 11.0. The minimum absolute atomic E-state index is 0.214. The zero-order chi connectivity index (χ0) is 16.0. The fourth-order valence-corrected chi connectivity index (χ4v) is 1.57. The van der Waals surface area contributed by atoms with Gasteiger partial charge in [-0.15, -0.1) is 0 Å². The second-order valence-corrected chi connectivity index (χ2v) is 4.36. The van der Waals surface area contributed by atoms with Gasteiger partial charge in [0.1, 0.15) is 11.8 Å². The van der Waals surface area contributed by atoms with Crippen molar-refractivity contribution in [1.82, 2.24) is 4.98 Å². The van der Waals surface area contributed by atoms with Crippen molar-refractivity contribution in [2.75, 3.05) is 6.61 Å². The van der Waals surface area contributed by atoms with Gasteiger partial charge in [0, 0.05) is 17.2 Å². The van der Waals surface area contributed by atoms with Crippen LogP contribution in [0.4, 0.5) is 17.7 Å². The van der Waals surface area contributed by atoms with Crippen LogP contribution in [-0.4, -0.2) is 40.1 Å². The van der Waals surface area contributed by atoms with Gasteiger partial charge in [0.2, 0.25) is 0 Å². The highest BCUT2D eigenvalue weighted by Crippen LogP contribution is 2.28. The standard InChI is InChI=1S/C6H3F4NO.C6H12O3/c7-6(8,9)4-2-1-3-5(11-4)12-10;1-4-6(8)5(7)2-3-9-4/h1-3H;4-8H,2-3H2,1H3. The third-order valence-electron chi connectivity index (χ3n) is 2.76. The van der Waals surface area contributed by atoms with Crippen molar-refractivity contribution in [3.05, 3.63) is 23.9 Å². The molecule has 1 saturated heterocycles. The van der Waals surface area contributed by atoms with E-state index >= 15 is 0 Å². The number of ether oxygens (including phenoxy) is 1. The summed E-state index contributed by atoms with van der Waals surface area (Å²) in [5, 5.41) is 18.1. The van der Waals surface area contributed by atoms with Crippen LogP contribution in [-0.2, 0) is 10.9 Å². The number of hydrogen-bond donors (Lipinski definition) is 2. The lowest BCUT2D eigenvalue weighted by molar-refractivity contribution is -0.142. The van der Waals surface area contributed by atoms with Gasteiger partial charge in [-0.25, -0.2) is 4.98 Å². The maximum Gasteiger partial charge on any atom is 0.433 e. The Kier molecular flexibility index (Phi) is 6.31. The predicted octanol–water partition coefficient (Wildman–Crippen LogP) is 1.88. The summed E-state index contributed by atoms with van der Waals surface area (Å²) in [5.41, 5.74) is -1.18. The average molecular weight is 313 g/mol. The van der Waals surface area contributed by atoms with Gasteiger partial charge >= 0.3 is 6.18 Å². The molecule has 9 heteroatoms. The van der Waals surface area contributed by atoms with Crippen LogP contribution >= 0.6 is 0 Å². The maximum atomic E-state index is 11.9. The number of alkyl halides is 3. The van der Waals surface area contributed by atoms with E-state index in [0.29, 0.717) is 13.0 Å². The Morgan fingerprint density at radius 1 is 1.33 bits per heavy atom. The fraction of sp³-hybridized carbons (Fsp3) is 0.583. The van der Waals surface area contributed by atoms with E-state index in [1.807, 2.05) is 0 Å². The van der Waals surface area contributed by atoms with Crippen LogP contribution in [0, 0.1) is 0 Å². The first-order valence-corrected chi connectivity index (χ1v) is 6.06. The minimum Gasteiger partial charge on any atom is -0.390 e. The van der Waals surface area contributed by atoms with Crippen molar-refractivity contribution in [1.29, 1.82) is 0 Å². The fourth-order valence-electron chi connectivity index (χ4n) is 1.57. The van der Waals surface area contributed by atoms with Gasteiger partial charge in [-0.05, 0) is 19.4 Å². The first kappa shape index (κ1) is 17.6. The van der Waals surface area contributed by atoms with E-state index in [4.69, 9.17) is 14.9 Å². The summed E-state index contributed by atoms with van der Waals surface area (Å²) in [6.07, 6.45) is -5.53. The van der Waals surface area contributed by atoms with Gasteiger partial charge in [-0.2, -0.15) is 13.2 Å². The number of pyridine rings is 1. The Hall–Kier alpha value is -1.45. The van der Waals surface area contributed by atoms with E-state index < -0.39 is 30.0 Å². The van der Waals surface area contributed by atoms with E-state index in [9.17, 15) is 17.7 Å². The number of hydrogen-bond acceptors (Lipinski definition) is 5. The molecule has 21 heavy (non-hydrogen) atoms. The largest absolute Gasteiger partial charge is 0.433 e. The monoisotopic (exact) mass is 313 g/mol. The number of halogens is 4. The molecule has 2 N–H and O–H groups in total. The number of nitrogens with zero attached hydrogens (tertiary/aromatic N) is 1. The number of aliphatic hydroxyl groups excluding tert-OH is 2. The van der Waals surface area contributed by atoms with E-state index in [-0.39, 0.29) is 6.10 Å². The number of aliphatic hydroxyl groups is 2. The van der Waals surface area contributed by atoms with Crippen molar-refractivity contribution in [2.45, 2.75) is 37.8 Å². The third kappa shape index (κ3) is 5.44. The van der Waals surface area contributed by atoms with E-state index in [0.717, 1.165) is 18.2 Å². The molecule has 1 fully saturated rings. The zero-order valence-corrected chi connectivity index (χ0v) is 11.0. The molecule has 2 heterocycles. The van der Waals surface area contributed by atoms with Gasteiger partial charge in [0.15, 0.2) is 0 Å². The number of rotatable bonds is 1. The molecule has 0 aliphatic carbocycles. The highest BCUT2D eigenvalue weighted by molar-refractivity contribution is 5.17. The van der Waals surface area contributed by atoms with Crippen LogP contribution in [0.25, 0.3) is 0 Å². The van der Waals surface area contributed by atoms with Gasteiger partial charge in [0.05, 0.1) is 12.2 Å². The SMILES string of the molecule is CC1OCCC(O)C1O.FOc1cccc(C(F)(F)F)n1. The van der Waals surface area contributed by atoms with Crippen LogP contribution in [0.5, 0.6) is 5.88 Å².